The van der Waals surface area contributed by atoms with Crippen LogP contribution in [0.25, 0.3) is 0 Å². The predicted octanol–water partition coefficient (Wildman–Crippen LogP) is 0.0567. The first kappa shape index (κ1) is 19.5. The summed E-state index contributed by atoms with van der Waals surface area (Å²) < 4.78 is 8.51. The molecule has 0 saturated heterocycles. The zero-order chi connectivity index (χ0) is 15.4. The third kappa shape index (κ3) is 7.17. The minimum absolute atomic E-state index is 0.604. The van der Waals surface area contributed by atoms with E-state index in [2.05, 4.69) is 25.3 Å². The fraction of sp³-hybridized carbons (Fsp3) is 0.800. The molecule has 0 aromatic carbocycles. The third-order valence-electron chi connectivity index (χ3n) is 2.43. The molecule has 2 atom stereocenters. The number of rotatable bonds is 6. The average molecular weight is 497 g/mol. The van der Waals surface area contributed by atoms with Crippen LogP contribution in [0.3, 0.4) is 0 Å². The van der Waals surface area contributed by atoms with Gasteiger partial charge in [-0.1, -0.05) is 0 Å². The van der Waals surface area contributed by atoms with E-state index in [1.54, 1.807) is 27.7 Å². The molecule has 0 amide bonds. The third-order valence-corrected chi connectivity index (χ3v) is 6.12. The summed E-state index contributed by atoms with van der Waals surface area (Å²) in [6, 6.07) is -1.74. The summed E-state index contributed by atoms with van der Waals surface area (Å²) in [5.74, 6) is -1.21. The van der Waals surface area contributed by atoms with Crippen LogP contribution in [0.15, 0.2) is 0 Å². The van der Waals surface area contributed by atoms with Crippen LogP contribution in [0.4, 0.5) is 0 Å². The maximum atomic E-state index is 11.6. The number of carbonyl (C=O) groups excluding carboxylic acids is 2. The van der Waals surface area contributed by atoms with E-state index in [9.17, 15) is 9.59 Å². The molecule has 2 unspecified atom stereocenters. The van der Waals surface area contributed by atoms with E-state index in [1.807, 2.05) is 0 Å². The molecule has 0 fully saturated rings. The van der Waals surface area contributed by atoms with Crippen molar-refractivity contribution in [2.24, 2.45) is 11.5 Å². The minimum atomic E-state index is -2.58. The van der Waals surface area contributed by atoms with Gasteiger partial charge < -0.3 is 0 Å². The van der Waals surface area contributed by atoms with E-state index in [1.165, 1.54) is 0 Å². The van der Waals surface area contributed by atoms with Gasteiger partial charge in [-0.2, -0.15) is 0 Å². The summed E-state index contributed by atoms with van der Waals surface area (Å²) in [6.45, 7) is 6.79. The van der Waals surface area contributed by atoms with Crippen molar-refractivity contribution in [2.75, 3.05) is 0 Å². The molecule has 0 aliphatic heterocycles. The molecule has 0 radical (unpaired) electrons. The monoisotopic (exact) mass is 498 g/mol. The quantitative estimate of drug-likeness (QED) is 0.306. The zero-order valence-corrected chi connectivity index (χ0v) is 18.8. The molecule has 0 heterocycles. The Balaban J connectivity index is 4.19. The second-order valence-corrected chi connectivity index (χ2v) is 10.8. The molecule has 0 aliphatic rings. The molecule has 0 aromatic rings. The fourth-order valence-electron chi connectivity index (χ4n) is 0.902. The van der Waals surface area contributed by atoms with E-state index in [-0.39, 0.29) is 0 Å². The second kappa shape index (κ2) is 7.49. The molecule has 4 N–H and O–H groups in total. The number of nitrogens with two attached hydrogens (primary N) is 2. The van der Waals surface area contributed by atoms with Crippen molar-refractivity contribution < 1.29 is 40.4 Å². The Labute approximate surface area is 137 Å². The molecule has 0 rings (SSSR count). The molecular weight excluding hydrogens is 477 g/mol. The van der Waals surface area contributed by atoms with Crippen LogP contribution in [0.1, 0.15) is 27.7 Å². The van der Waals surface area contributed by atoms with Gasteiger partial charge in [0, 0.05) is 0 Å². The number of carbonyl (C=O) groups is 2. The van der Waals surface area contributed by atoms with Gasteiger partial charge in [-0.3, -0.25) is 0 Å². The normalized spacial score (nSPS) is 15.2. The molecule has 108 valence electrons. The fourth-order valence-corrected chi connectivity index (χ4v) is 3.64. The average Bonchev–Trinajstić information content (AvgIpc) is 2.23. The van der Waals surface area contributed by atoms with Crippen LogP contribution in [0, 0.1) is 0 Å². The van der Waals surface area contributed by atoms with Crippen molar-refractivity contribution in [3.63, 3.8) is 0 Å². The van der Waals surface area contributed by atoms with Crippen molar-refractivity contribution in [1.82, 2.24) is 0 Å². The standard InChI is InChI=1S/2C5H11NO2S.Hg/c2*1-5(2,9)3(6)4(7)8;/h2*3,9H,6H2,1-2H3,(H,7,8);/q;;+2/p-2. The Bertz CT molecular complexity index is 309. The van der Waals surface area contributed by atoms with E-state index in [0.29, 0.717) is 0 Å². The topological polar surface area (TPSA) is 105 Å². The van der Waals surface area contributed by atoms with Crippen molar-refractivity contribution in [1.29, 1.82) is 0 Å². The summed E-state index contributed by atoms with van der Waals surface area (Å²) in [7, 11) is 0. The summed E-state index contributed by atoms with van der Waals surface area (Å²) in [5, 5.41) is 0. The molecule has 9 heteroatoms. The van der Waals surface area contributed by atoms with Crippen LogP contribution in [0.5, 0.6) is 0 Å². The number of thiol groups is 2. The van der Waals surface area contributed by atoms with Crippen LogP contribution < -0.4 is 11.5 Å². The molecule has 6 nitrogen and oxygen atoms in total. The molecular formula is C10H20HgN2O4S2. The van der Waals surface area contributed by atoms with Gasteiger partial charge in [0.1, 0.15) is 0 Å². The predicted molar refractivity (Wildman–Crippen MR) is 74.3 cm³/mol. The Morgan fingerprint density at radius 3 is 1.42 bits per heavy atom. The first-order valence-corrected chi connectivity index (χ1v) is 11.0. The molecule has 0 aromatic heterocycles. The molecule has 0 bridgehead atoms. The van der Waals surface area contributed by atoms with Gasteiger partial charge >= 0.3 is 138 Å². The Morgan fingerprint density at radius 1 is 0.947 bits per heavy atom. The van der Waals surface area contributed by atoms with Gasteiger partial charge in [0.15, 0.2) is 0 Å². The Hall–Kier alpha value is 0.495. The van der Waals surface area contributed by atoms with E-state index >= 15 is 0 Å². The Kier molecular flexibility index (Phi) is 7.68. The first-order chi connectivity index (χ1) is 8.37. The van der Waals surface area contributed by atoms with E-state index in [4.69, 9.17) is 16.8 Å². The van der Waals surface area contributed by atoms with Gasteiger partial charge in [-0.15, -0.1) is 0 Å². The SMILES string of the molecule is CC(C)(S)C(N)C(=O)[O][Hg][O]C(=O)C(N)C(C)(C)S. The molecule has 0 aliphatic carbocycles. The Morgan fingerprint density at radius 2 is 1.21 bits per heavy atom. The van der Waals surface area contributed by atoms with Crippen LogP contribution in [-0.4, -0.2) is 33.5 Å². The van der Waals surface area contributed by atoms with Crippen molar-refractivity contribution >= 4 is 37.2 Å². The summed E-state index contributed by atoms with van der Waals surface area (Å²) in [5.41, 5.74) is 11.3. The maximum absolute atomic E-state index is 11.6. The van der Waals surface area contributed by atoms with Gasteiger partial charge in [-0.05, 0) is 0 Å². The van der Waals surface area contributed by atoms with Crippen molar-refractivity contribution in [2.45, 2.75) is 49.3 Å². The first-order valence-electron chi connectivity index (χ1n) is 5.66. The van der Waals surface area contributed by atoms with Crippen molar-refractivity contribution in [3.8, 4) is 0 Å². The van der Waals surface area contributed by atoms with Crippen LogP contribution >= 0.6 is 25.3 Å². The molecule has 19 heavy (non-hydrogen) atoms. The van der Waals surface area contributed by atoms with Crippen LogP contribution in [0.2, 0.25) is 0 Å². The van der Waals surface area contributed by atoms with E-state index < -0.39 is 59.0 Å². The number of hydrogen-bond donors (Lipinski definition) is 4. The van der Waals surface area contributed by atoms with E-state index in [0.717, 1.165) is 0 Å². The van der Waals surface area contributed by atoms with Gasteiger partial charge in [-0.25, -0.2) is 0 Å². The summed E-state index contributed by atoms with van der Waals surface area (Å²) in [6.07, 6.45) is 0. The van der Waals surface area contributed by atoms with Crippen molar-refractivity contribution in [3.05, 3.63) is 0 Å². The molecule has 0 saturated carbocycles. The number of hydrogen-bond acceptors (Lipinski definition) is 8. The van der Waals surface area contributed by atoms with Gasteiger partial charge in [0.25, 0.3) is 0 Å². The second-order valence-electron chi connectivity index (χ2n) is 5.31. The zero-order valence-electron chi connectivity index (χ0n) is 11.5. The summed E-state index contributed by atoms with van der Waals surface area (Å²) >= 11 is 5.79. The summed E-state index contributed by atoms with van der Waals surface area (Å²) in [4.78, 5) is 23.1. The van der Waals surface area contributed by atoms with Gasteiger partial charge in [0.2, 0.25) is 0 Å². The van der Waals surface area contributed by atoms with Crippen LogP contribution in [-0.2, 0) is 40.4 Å². The molecule has 0 spiro atoms. The van der Waals surface area contributed by atoms with Gasteiger partial charge in [0.05, 0.1) is 0 Å².